The molecular weight excluding hydrogens is 286 g/mol. The van der Waals surface area contributed by atoms with Crippen molar-refractivity contribution in [3.05, 3.63) is 52.9 Å². The molecule has 21 heavy (non-hydrogen) atoms. The first-order valence-corrected chi connectivity index (χ1v) is 7.73. The minimum Gasteiger partial charge on any atom is -0.491 e. The third kappa shape index (κ3) is 4.51. The maximum Gasteiger partial charge on any atom is 0.193 e. The third-order valence-corrected chi connectivity index (χ3v) is 3.27. The fourth-order valence-corrected chi connectivity index (χ4v) is 2.32. The minimum absolute atomic E-state index is 0.00514. The number of hydrogen-bond donors (Lipinski definition) is 1. The van der Waals surface area contributed by atoms with Crippen LogP contribution in [0.15, 0.2) is 40.8 Å². The Bertz CT molecular complexity index is 548. The Kier molecular flexibility index (Phi) is 5.71. The molecule has 1 unspecified atom stereocenters. The Balaban J connectivity index is 2.20. The van der Waals surface area contributed by atoms with Crippen molar-refractivity contribution in [3.8, 4) is 5.75 Å². The Morgan fingerprint density at radius 1 is 1.14 bits per heavy atom. The highest BCUT2D eigenvalue weighted by molar-refractivity contribution is 6.28. The molecule has 1 aromatic heterocycles. The van der Waals surface area contributed by atoms with Crippen molar-refractivity contribution < 1.29 is 9.15 Å². The van der Waals surface area contributed by atoms with Gasteiger partial charge in [-0.3, -0.25) is 0 Å². The topological polar surface area (TPSA) is 34.4 Å². The lowest BCUT2D eigenvalue weighted by Crippen LogP contribution is -2.22. The summed E-state index contributed by atoms with van der Waals surface area (Å²) in [4.78, 5) is 0. The quantitative estimate of drug-likeness (QED) is 0.797. The second-order valence-corrected chi connectivity index (χ2v) is 5.64. The van der Waals surface area contributed by atoms with Crippen molar-refractivity contribution in [2.24, 2.45) is 0 Å². The van der Waals surface area contributed by atoms with Gasteiger partial charge in [0.1, 0.15) is 11.5 Å². The van der Waals surface area contributed by atoms with Gasteiger partial charge in [-0.25, -0.2) is 0 Å². The molecule has 4 heteroatoms. The fourth-order valence-electron chi connectivity index (χ4n) is 2.17. The molecular formula is C17H22ClNO2. The van der Waals surface area contributed by atoms with E-state index in [-0.39, 0.29) is 12.1 Å². The van der Waals surface area contributed by atoms with E-state index in [0.717, 1.165) is 30.0 Å². The van der Waals surface area contributed by atoms with Crippen molar-refractivity contribution in [2.75, 3.05) is 6.54 Å². The summed E-state index contributed by atoms with van der Waals surface area (Å²) in [5.41, 5.74) is 1.13. The second-order valence-electron chi connectivity index (χ2n) is 5.26. The third-order valence-electron chi connectivity index (χ3n) is 3.06. The standard InChI is InChI=1S/C17H22ClNO2/c1-4-11-19-17(15-9-10-16(18)21-15)13-5-7-14(8-6-13)20-12(2)3/h5-10,12,17,19H,4,11H2,1-3H3. The highest BCUT2D eigenvalue weighted by atomic mass is 35.5. The van der Waals surface area contributed by atoms with Crippen molar-refractivity contribution in [1.29, 1.82) is 0 Å². The highest BCUT2D eigenvalue weighted by Gasteiger charge is 2.17. The summed E-state index contributed by atoms with van der Waals surface area (Å²) in [5, 5.41) is 3.89. The summed E-state index contributed by atoms with van der Waals surface area (Å²) in [6.45, 7) is 7.08. The molecule has 114 valence electrons. The van der Waals surface area contributed by atoms with E-state index in [9.17, 15) is 0 Å². The molecule has 0 amide bonds. The predicted molar refractivity (Wildman–Crippen MR) is 86.1 cm³/mol. The van der Waals surface area contributed by atoms with Crippen LogP contribution in [0.3, 0.4) is 0 Å². The molecule has 1 atom stereocenters. The first-order chi connectivity index (χ1) is 10.1. The molecule has 1 N–H and O–H groups in total. The molecule has 0 saturated heterocycles. The molecule has 1 aromatic carbocycles. The van der Waals surface area contributed by atoms with Crippen molar-refractivity contribution in [3.63, 3.8) is 0 Å². The molecule has 0 aliphatic heterocycles. The number of rotatable bonds is 7. The van der Waals surface area contributed by atoms with Gasteiger partial charge in [0.25, 0.3) is 0 Å². The summed E-state index contributed by atoms with van der Waals surface area (Å²) in [7, 11) is 0. The number of furan rings is 1. The zero-order valence-electron chi connectivity index (χ0n) is 12.7. The maximum atomic E-state index is 5.89. The lowest BCUT2D eigenvalue weighted by atomic mass is 10.0. The normalized spacial score (nSPS) is 12.6. The Labute approximate surface area is 131 Å². The molecule has 0 aliphatic rings. The van der Waals surface area contributed by atoms with Gasteiger partial charge in [-0.05, 0) is 68.2 Å². The molecule has 0 fully saturated rings. The Morgan fingerprint density at radius 2 is 1.86 bits per heavy atom. The van der Waals surface area contributed by atoms with E-state index in [4.69, 9.17) is 20.8 Å². The zero-order valence-corrected chi connectivity index (χ0v) is 13.5. The van der Waals surface area contributed by atoms with Crippen LogP contribution in [0.4, 0.5) is 0 Å². The molecule has 0 bridgehead atoms. The molecule has 0 saturated carbocycles. The van der Waals surface area contributed by atoms with Crippen LogP contribution in [0.1, 0.15) is 44.6 Å². The van der Waals surface area contributed by atoms with Crippen LogP contribution in [-0.2, 0) is 0 Å². The summed E-state index contributed by atoms with van der Waals surface area (Å²) in [6, 6.07) is 11.8. The SMILES string of the molecule is CCCNC(c1ccc(OC(C)C)cc1)c1ccc(Cl)o1. The van der Waals surface area contributed by atoms with Crippen LogP contribution < -0.4 is 10.1 Å². The van der Waals surface area contributed by atoms with Gasteiger partial charge in [0.05, 0.1) is 12.1 Å². The van der Waals surface area contributed by atoms with Crippen molar-refractivity contribution in [2.45, 2.75) is 39.3 Å². The van der Waals surface area contributed by atoms with Crippen LogP contribution in [0, 0.1) is 0 Å². The van der Waals surface area contributed by atoms with Gasteiger partial charge in [-0.1, -0.05) is 19.1 Å². The van der Waals surface area contributed by atoms with Crippen LogP contribution in [0.5, 0.6) is 5.75 Å². The monoisotopic (exact) mass is 307 g/mol. The van der Waals surface area contributed by atoms with E-state index in [2.05, 4.69) is 24.4 Å². The van der Waals surface area contributed by atoms with E-state index in [1.165, 1.54) is 0 Å². The van der Waals surface area contributed by atoms with Gasteiger partial charge in [0.15, 0.2) is 5.22 Å². The lowest BCUT2D eigenvalue weighted by molar-refractivity contribution is 0.242. The predicted octanol–water partition coefficient (Wildman–Crippen LogP) is 4.81. The average molecular weight is 308 g/mol. The molecule has 0 spiro atoms. The first-order valence-electron chi connectivity index (χ1n) is 7.35. The van der Waals surface area contributed by atoms with Gasteiger partial charge in [-0.15, -0.1) is 0 Å². The first kappa shape index (κ1) is 15.9. The number of ether oxygens (including phenoxy) is 1. The molecule has 3 nitrogen and oxygen atoms in total. The number of benzene rings is 1. The van der Waals surface area contributed by atoms with Crippen LogP contribution in [0.25, 0.3) is 0 Å². The number of hydrogen-bond acceptors (Lipinski definition) is 3. The number of nitrogens with one attached hydrogen (secondary N) is 1. The Morgan fingerprint density at radius 3 is 2.38 bits per heavy atom. The lowest BCUT2D eigenvalue weighted by Gasteiger charge is -2.17. The molecule has 2 rings (SSSR count). The fraction of sp³-hybridized carbons (Fsp3) is 0.412. The minimum atomic E-state index is 0.00514. The second kappa shape index (κ2) is 7.53. The molecule has 2 aromatic rings. The molecule has 0 aliphatic carbocycles. The van der Waals surface area contributed by atoms with Gasteiger partial charge in [0.2, 0.25) is 0 Å². The highest BCUT2D eigenvalue weighted by Crippen LogP contribution is 2.27. The summed E-state index contributed by atoms with van der Waals surface area (Å²) in [5.74, 6) is 1.70. The van der Waals surface area contributed by atoms with E-state index < -0.39 is 0 Å². The van der Waals surface area contributed by atoms with Gasteiger partial charge < -0.3 is 14.5 Å². The van der Waals surface area contributed by atoms with E-state index in [1.807, 2.05) is 32.0 Å². The maximum absolute atomic E-state index is 5.89. The largest absolute Gasteiger partial charge is 0.491 e. The van der Waals surface area contributed by atoms with Gasteiger partial charge in [0, 0.05) is 0 Å². The van der Waals surface area contributed by atoms with Crippen LogP contribution in [0.2, 0.25) is 5.22 Å². The van der Waals surface area contributed by atoms with Crippen LogP contribution in [-0.4, -0.2) is 12.6 Å². The average Bonchev–Trinajstić information content (AvgIpc) is 2.87. The van der Waals surface area contributed by atoms with Crippen LogP contribution >= 0.6 is 11.6 Å². The Hall–Kier alpha value is -1.45. The summed E-state index contributed by atoms with van der Waals surface area (Å²) < 4.78 is 11.2. The van der Waals surface area contributed by atoms with Crippen molar-refractivity contribution in [1.82, 2.24) is 5.32 Å². The number of halogens is 1. The van der Waals surface area contributed by atoms with E-state index >= 15 is 0 Å². The molecule has 0 radical (unpaired) electrons. The van der Waals surface area contributed by atoms with Gasteiger partial charge >= 0.3 is 0 Å². The smallest absolute Gasteiger partial charge is 0.193 e. The van der Waals surface area contributed by atoms with E-state index in [1.54, 1.807) is 6.07 Å². The summed E-state index contributed by atoms with van der Waals surface area (Å²) >= 11 is 5.89. The molecule has 1 heterocycles. The van der Waals surface area contributed by atoms with E-state index in [0.29, 0.717) is 5.22 Å². The van der Waals surface area contributed by atoms with Crippen molar-refractivity contribution >= 4 is 11.6 Å². The zero-order chi connectivity index (χ0) is 15.2. The summed E-state index contributed by atoms with van der Waals surface area (Å²) in [6.07, 6.45) is 1.23. The van der Waals surface area contributed by atoms with Gasteiger partial charge in [-0.2, -0.15) is 0 Å².